The minimum atomic E-state index is -0.575. The third-order valence-electron chi connectivity index (χ3n) is 2.70. The van der Waals surface area contributed by atoms with Crippen molar-refractivity contribution in [3.05, 3.63) is 62.7 Å². The number of anilines is 2. The summed E-state index contributed by atoms with van der Waals surface area (Å²) in [5, 5.41) is 31.9. The summed E-state index contributed by atoms with van der Waals surface area (Å²) in [6.07, 6.45) is 0. The summed E-state index contributed by atoms with van der Waals surface area (Å²) in [4.78, 5) is 10.1. The van der Waals surface area contributed by atoms with Gasteiger partial charge in [0.05, 0.1) is 38.5 Å². The van der Waals surface area contributed by atoms with Gasteiger partial charge in [-0.1, -0.05) is 11.6 Å². The quantitative estimate of drug-likeness (QED) is 0.687. The van der Waals surface area contributed by atoms with Crippen LogP contribution in [0, 0.1) is 32.8 Å². The van der Waals surface area contributed by atoms with E-state index in [4.69, 9.17) is 22.1 Å². The van der Waals surface area contributed by atoms with E-state index >= 15 is 0 Å². The highest BCUT2D eigenvalue weighted by Crippen LogP contribution is 2.29. The Kier molecular flexibility index (Phi) is 4.03. The number of nitriles is 2. The first-order valence-electron chi connectivity index (χ1n) is 5.70. The Morgan fingerprint density at radius 1 is 1.10 bits per heavy atom. The molecule has 0 bridgehead atoms. The van der Waals surface area contributed by atoms with E-state index in [2.05, 4.69) is 5.32 Å². The minimum absolute atomic E-state index is 0.114. The predicted octanol–water partition coefficient (Wildman–Crippen LogP) is 3.74. The van der Waals surface area contributed by atoms with Gasteiger partial charge in [0.1, 0.15) is 6.07 Å². The fourth-order valence-corrected chi connectivity index (χ4v) is 1.85. The third kappa shape index (κ3) is 3.08. The third-order valence-corrected chi connectivity index (χ3v) is 3.03. The lowest BCUT2D eigenvalue weighted by molar-refractivity contribution is -0.384. The Morgan fingerprint density at radius 2 is 1.86 bits per heavy atom. The molecule has 0 aliphatic rings. The molecule has 7 heteroatoms. The summed E-state index contributed by atoms with van der Waals surface area (Å²) in [6, 6.07) is 12.4. The van der Waals surface area contributed by atoms with Crippen molar-refractivity contribution < 1.29 is 4.92 Å². The van der Waals surface area contributed by atoms with Gasteiger partial charge in [0.2, 0.25) is 0 Å². The van der Waals surface area contributed by atoms with Gasteiger partial charge in [-0.15, -0.1) is 0 Å². The first-order chi connectivity index (χ1) is 10.0. The number of nitrogens with one attached hydrogen (secondary N) is 1. The number of hydrogen-bond donors (Lipinski definition) is 1. The zero-order valence-corrected chi connectivity index (χ0v) is 11.3. The van der Waals surface area contributed by atoms with Gasteiger partial charge in [-0.2, -0.15) is 10.5 Å². The topological polar surface area (TPSA) is 103 Å². The molecule has 0 saturated carbocycles. The number of halogens is 1. The molecule has 2 rings (SSSR count). The molecule has 102 valence electrons. The zero-order chi connectivity index (χ0) is 15.4. The van der Waals surface area contributed by atoms with Crippen molar-refractivity contribution in [1.82, 2.24) is 0 Å². The second-order valence-electron chi connectivity index (χ2n) is 4.03. The van der Waals surface area contributed by atoms with Crippen LogP contribution in [0.25, 0.3) is 0 Å². The molecular formula is C14H7ClN4O2. The summed E-state index contributed by atoms with van der Waals surface area (Å²) in [7, 11) is 0. The second kappa shape index (κ2) is 5.91. The van der Waals surface area contributed by atoms with Gasteiger partial charge in [0.15, 0.2) is 0 Å². The van der Waals surface area contributed by atoms with Gasteiger partial charge in [-0.25, -0.2) is 0 Å². The number of hydrogen-bond acceptors (Lipinski definition) is 5. The van der Waals surface area contributed by atoms with Gasteiger partial charge in [-0.05, 0) is 24.3 Å². The van der Waals surface area contributed by atoms with E-state index < -0.39 is 4.92 Å². The van der Waals surface area contributed by atoms with E-state index in [0.29, 0.717) is 22.0 Å². The largest absolute Gasteiger partial charge is 0.353 e. The molecule has 1 N–H and O–H groups in total. The molecule has 0 radical (unpaired) electrons. The normalized spacial score (nSPS) is 9.48. The highest BCUT2D eigenvalue weighted by Gasteiger charge is 2.12. The van der Waals surface area contributed by atoms with Crippen LogP contribution in [0.1, 0.15) is 11.1 Å². The Hall–Kier alpha value is -3.09. The number of benzene rings is 2. The molecule has 0 aliphatic carbocycles. The first-order valence-corrected chi connectivity index (χ1v) is 6.08. The maximum atomic E-state index is 10.7. The van der Waals surface area contributed by atoms with Crippen LogP contribution in [-0.4, -0.2) is 4.92 Å². The molecule has 0 fully saturated rings. The molecule has 2 aromatic carbocycles. The molecule has 0 heterocycles. The second-order valence-corrected chi connectivity index (χ2v) is 4.44. The van der Waals surface area contributed by atoms with E-state index in [1.54, 1.807) is 12.1 Å². The van der Waals surface area contributed by atoms with Gasteiger partial charge < -0.3 is 5.32 Å². The number of nitro groups is 1. The first kappa shape index (κ1) is 14.3. The lowest BCUT2D eigenvalue weighted by atomic mass is 10.1. The summed E-state index contributed by atoms with van der Waals surface area (Å²) >= 11 is 6.02. The van der Waals surface area contributed by atoms with Crippen molar-refractivity contribution in [2.45, 2.75) is 0 Å². The maximum Gasteiger partial charge on any atom is 0.270 e. The van der Waals surface area contributed by atoms with Crippen LogP contribution in [-0.2, 0) is 0 Å². The average molecular weight is 299 g/mol. The van der Waals surface area contributed by atoms with Crippen LogP contribution in [0.3, 0.4) is 0 Å². The van der Waals surface area contributed by atoms with E-state index in [9.17, 15) is 10.1 Å². The van der Waals surface area contributed by atoms with Crippen molar-refractivity contribution in [2.24, 2.45) is 0 Å². The van der Waals surface area contributed by atoms with Crippen molar-refractivity contribution in [1.29, 1.82) is 10.5 Å². The van der Waals surface area contributed by atoms with Crippen molar-refractivity contribution in [3.63, 3.8) is 0 Å². The fourth-order valence-electron chi connectivity index (χ4n) is 1.68. The van der Waals surface area contributed by atoms with E-state index in [1.165, 1.54) is 24.3 Å². The number of nitrogens with zero attached hydrogens (tertiary/aromatic N) is 3. The van der Waals surface area contributed by atoms with Crippen LogP contribution in [0.15, 0.2) is 36.4 Å². The molecule has 0 saturated heterocycles. The number of non-ortho nitro benzene ring substituents is 1. The summed E-state index contributed by atoms with van der Waals surface area (Å²) in [5.41, 5.74) is 1.17. The highest BCUT2D eigenvalue weighted by atomic mass is 35.5. The highest BCUT2D eigenvalue weighted by molar-refractivity contribution is 6.33. The maximum absolute atomic E-state index is 10.7. The Bertz CT molecular complexity index is 806. The SMILES string of the molecule is N#Cc1ccc(Cl)c(Nc2ccc([N+](=O)[O-])cc2C#N)c1. The summed E-state index contributed by atoms with van der Waals surface area (Å²) < 4.78 is 0. The minimum Gasteiger partial charge on any atom is -0.353 e. The average Bonchev–Trinajstić information content (AvgIpc) is 2.49. The molecule has 21 heavy (non-hydrogen) atoms. The van der Waals surface area contributed by atoms with Crippen molar-refractivity contribution in [2.75, 3.05) is 5.32 Å². The van der Waals surface area contributed by atoms with Gasteiger partial charge in [-0.3, -0.25) is 10.1 Å². The van der Waals surface area contributed by atoms with Gasteiger partial charge in [0.25, 0.3) is 5.69 Å². The molecule has 0 aliphatic heterocycles. The fraction of sp³-hybridized carbons (Fsp3) is 0. The monoisotopic (exact) mass is 298 g/mol. The Labute approximate surface area is 125 Å². The molecule has 6 nitrogen and oxygen atoms in total. The van der Waals surface area contributed by atoms with Crippen molar-refractivity contribution >= 4 is 28.7 Å². The van der Waals surface area contributed by atoms with Crippen LogP contribution in [0.5, 0.6) is 0 Å². The number of nitro benzene ring substituents is 1. The standard InChI is InChI=1S/C14H7ClN4O2/c15-12-3-1-9(7-16)5-14(12)18-13-4-2-11(19(20)21)6-10(13)8-17/h1-6,18H. The molecular weight excluding hydrogens is 292 g/mol. The van der Waals surface area contributed by atoms with Gasteiger partial charge >= 0.3 is 0 Å². The van der Waals surface area contributed by atoms with E-state index in [0.717, 1.165) is 0 Å². The molecule has 0 amide bonds. The molecule has 0 atom stereocenters. The molecule has 2 aromatic rings. The van der Waals surface area contributed by atoms with E-state index in [1.807, 2.05) is 12.1 Å². The molecule has 0 aromatic heterocycles. The lowest BCUT2D eigenvalue weighted by Gasteiger charge is -2.10. The van der Waals surface area contributed by atoms with Crippen LogP contribution in [0.2, 0.25) is 5.02 Å². The van der Waals surface area contributed by atoms with Crippen molar-refractivity contribution in [3.8, 4) is 12.1 Å². The van der Waals surface area contributed by atoms with Crippen LogP contribution in [0.4, 0.5) is 17.1 Å². The zero-order valence-electron chi connectivity index (χ0n) is 10.5. The van der Waals surface area contributed by atoms with Crippen LogP contribution >= 0.6 is 11.6 Å². The summed E-state index contributed by atoms with van der Waals surface area (Å²) in [5.74, 6) is 0. The van der Waals surface area contributed by atoms with E-state index in [-0.39, 0.29) is 11.3 Å². The Balaban J connectivity index is 2.43. The van der Waals surface area contributed by atoms with Crippen LogP contribution < -0.4 is 5.32 Å². The van der Waals surface area contributed by atoms with Gasteiger partial charge in [0, 0.05) is 12.1 Å². The Morgan fingerprint density at radius 3 is 2.48 bits per heavy atom. The summed E-state index contributed by atoms with van der Waals surface area (Å²) in [6.45, 7) is 0. The number of rotatable bonds is 3. The smallest absolute Gasteiger partial charge is 0.270 e. The predicted molar refractivity (Wildman–Crippen MR) is 77.3 cm³/mol. The molecule has 0 unspecified atom stereocenters. The molecule has 0 spiro atoms. The lowest BCUT2D eigenvalue weighted by Crippen LogP contribution is -1.97.